The highest BCUT2D eigenvalue weighted by Gasteiger charge is 2.25. The lowest BCUT2D eigenvalue weighted by Crippen LogP contribution is -2.01. The Balaban J connectivity index is 0.000000114. The van der Waals surface area contributed by atoms with E-state index in [2.05, 4.69) is 346 Å². The second kappa shape index (κ2) is 38.2. The van der Waals surface area contributed by atoms with E-state index in [1.807, 2.05) is 182 Å². The van der Waals surface area contributed by atoms with Crippen molar-refractivity contribution >= 4 is 97.0 Å². The van der Waals surface area contributed by atoms with Gasteiger partial charge in [0.25, 0.3) is 0 Å². The number of hydrogen-bond donors (Lipinski definition) is 0. The predicted octanol–water partition coefficient (Wildman–Crippen LogP) is 35.0. The molecule has 144 heavy (non-hydrogen) atoms. The van der Waals surface area contributed by atoms with E-state index in [1.165, 1.54) is 108 Å². The maximum absolute atomic E-state index is 5.14. The monoisotopic (exact) mass is 1830 g/mol. The van der Waals surface area contributed by atoms with E-state index in [4.69, 9.17) is 44.9 Å². The van der Waals surface area contributed by atoms with Crippen LogP contribution in [0.25, 0.3) is 266 Å². The molecule has 0 aliphatic carbocycles. The molecule has 24 aromatic carbocycles. The fourth-order valence-electron chi connectivity index (χ4n) is 20.3. The molecule has 0 spiro atoms. The van der Waals surface area contributed by atoms with Crippen molar-refractivity contribution in [3.8, 4) is 169 Å². The fourth-order valence-corrected chi connectivity index (χ4v) is 20.3. The van der Waals surface area contributed by atoms with Crippen molar-refractivity contribution in [1.82, 2.24) is 44.9 Å². The molecule has 0 amide bonds. The second-order valence-electron chi connectivity index (χ2n) is 36.1. The van der Waals surface area contributed by atoms with Crippen LogP contribution < -0.4 is 0 Å². The van der Waals surface area contributed by atoms with Crippen LogP contribution in [-0.4, -0.2) is 44.9 Å². The van der Waals surface area contributed by atoms with Crippen LogP contribution in [0, 0.1) is 0 Å². The van der Waals surface area contributed by atoms with Gasteiger partial charge in [-0.25, -0.2) is 44.9 Å². The highest BCUT2D eigenvalue weighted by molar-refractivity contribution is 6.28. The molecule has 672 valence electrons. The van der Waals surface area contributed by atoms with Gasteiger partial charge in [-0.05, 0) is 224 Å². The Morgan fingerprint density at radius 1 is 0.0833 bits per heavy atom. The molecule has 0 fully saturated rings. The first-order valence-electron chi connectivity index (χ1n) is 48.6. The molecule has 0 saturated carbocycles. The van der Waals surface area contributed by atoms with Crippen LogP contribution in [0.4, 0.5) is 0 Å². The van der Waals surface area contributed by atoms with Gasteiger partial charge in [0.15, 0.2) is 52.4 Å². The third kappa shape index (κ3) is 17.0. The Morgan fingerprint density at radius 3 is 0.597 bits per heavy atom. The summed E-state index contributed by atoms with van der Waals surface area (Å²) in [7, 11) is 0. The summed E-state index contributed by atoms with van der Waals surface area (Å²) in [5.41, 5.74) is 22.3. The van der Waals surface area contributed by atoms with Crippen molar-refractivity contribution in [2.45, 2.75) is 0 Å². The van der Waals surface area contributed by atoms with Crippen LogP contribution in [0.15, 0.2) is 528 Å². The molecule has 0 bridgehead atoms. The summed E-state index contributed by atoms with van der Waals surface area (Å²) in [5, 5.41) is 22.1. The molecule has 0 aliphatic rings. The molecule has 0 radical (unpaired) electrons. The van der Waals surface area contributed by atoms with E-state index in [1.54, 1.807) is 0 Å². The number of nitrogens with zero attached hydrogens (tertiary/aromatic N) is 9. The zero-order valence-corrected chi connectivity index (χ0v) is 78.3. The third-order valence-corrected chi connectivity index (χ3v) is 27.2. The average molecular weight is 1840 g/mol. The summed E-state index contributed by atoms with van der Waals surface area (Å²) in [6.45, 7) is 0. The standard InChI is InChI=1S/C51H33N3.C45H29N3.C39H25N3/c1-4-15-34(16-5-1)37-21-14-22-38(29-37)40-30-41(39-27-28-47-45-25-11-10-23-43(45)44-24-12-13-26-46(44)48(47)33-39)32-42(31-40)51-53-49(35-17-6-2-7-18-35)52-50(54-51)36-19-8-3-9-20-36;1-4-14-30(15-5-1)34-26-35(33-24-25-41-39-22-11-10-20-37(39)38-21-12-13-23-40(38)42(41)29-33)28-36(27-34)45-47-43(31-16-6-2-7-17-31)46-44(48-45)32-18-8-3-9-19-32;1-3-14-27(15-4-1)37-40-38(28-16-5-2-6-17-28)42-39(41-37)36-33-21-11-9-19-31(33)35(32-20-10-12-22-34(32)36)30-24-23-26-13-7-8-18-29(26)25-30/h1-33H;1-29H;1-25H. The van der Waals surface area contributed by atoms with Crippen LogP contribution in [0.2, 0.25) is 0 Å². The first-order chi connectivity index (χ1) is 71.4. The van der Waals surface area contributed by atoms with E-state index >= 15 is 0 Å². The Morgan fingerprint density at radius 2 is 0.278 bits per heavy atom. The van der Waals surface area contributed by atoms with Crippen LogP contribution in [-0.2, 0) is 0 Å². The largest absolute Gasteiger partial charge is 0.208 e. The van der Waals surface area contributed by atoms with Gasteiger partial charge in [-0.2, -0.15) is 0 Å². The van der Waals surface area contributed by atoms with Crippen molar-refractivity contribution in [2.24, 2.45) is 0 Å². The van der Waals surface area contributed by atoms with Gasteiger partial charge >= 0.3 is 0 Å². The molecule has 0 N–H and O–H groups in total. The molecule has 0 unspecified atom stereocenters. The van der Waals surface area contributed by atoms with Crippen LogP contribution >= 0.6 is 0 Å². The lowest BCUT2D eigenvalue weighted by molar-refractivity contribution is 1.07. The number of aromatic nitrogens is 9. The molecule has 9 nitrogen and oxygen atoms in total. The van der Waals surface area contributed by atoms with E-state index < -0.39 is 0 Å². The predicted molar refractivity (Wildman–Crippen MR) is 599 cm³/mol. The summed E-state index contributed by atoms with van der Waals surface area (Å²) in [4.78, 5) is 45.5. The van der Waals surface area contributed by atoms with Crippen molar-refractivity contribution in [1.29, 1.82) is 0 Å². The van der Waals surface area contributed by atoms with E-state index in [0.717, 1.165) is 105 Å². The minimum absolute atomic E-state index is 0.627. The van der Waals surface area contributed by atoms with E-state index in [9.17, 15) is 0 Å². The minimum Gasteiger partial charge on any atom is -0.208 e. The van der Waals surface area contributed by atoms with Gasteiger partial charge in [0, 0.05) is 50.1 Å². The first kappa shape index (κ1) is 86.2. The van der Waals surface area contributed by atoms with E-state index in [-0.39, 0.29) is 0 Å². The summed E-state index contributed by atoms with van der Waals surface area (Å²) < 4.78 is 0. The lowest BCUT2D eigenvalue weighted by atomic mass is 9.87. The number of rotatable bonds is 15. The fraction of sp³-hybridized carbons (Fsp3) is 0. The van der Waals surface area contributed by atoms with Crippen LogP contribution in [0.1, 0.15) is 0 Å². The Hall–Kier alpha value is -19.4. The Kier molecular flexibility index (Phi) is 22.9. The van der Waals surface area contributed by atoms with Gasteiger partial charge < -0.3 is 0 Å². The molecular weight excluding hydrogens is 1750 g/mol. The second-order valence-corrected chi connectivity index (χ2v) is 36.1. The summed E-state index contributed by atoms with van der Waals surface area (Å²) in [6.07, 6.45) is 0. The number of benzene rings is 24. The smallest absolute Gasteiger partial charge is 0.165 e. The molecule has 9 heteroatoms. The molecule has 27 aromatic rings. The maximum Gasteiger partial charge on any atom is 0.165 e. The Labute approximate surface area is 833 Å². The summed E-state index contributed by atoms with van der Waals surface area (Å²) in [6, 6.07) is 185. The molecule has 0 aliphatic heterocycles. The quantitative estimate of drug-likeness (QED) is 0.0731. The Bertz CT molecular complexity index is 9250. The van der Waals surface area contributed by atoms with Gasteiger partial charge in [0.05, 0.1) is 0 Å². The third-order valence-electron chi connectivity index (χ3n) is 27.2. The topological polar surface area (TPSA) is 116 Å². The highest BCUT2D eigenvalue weighted by atomic mass is 15.1. The first-order valence-corrected chi connectivity index (χ1v) is 48.6. The molecule has 0 atom stereocenters. The van der Waals surface area contributed by atoms with Gasteiger partial charge in [0.1, 0.15) is 0 Å². The van der Waals surface area contributed by atoms with Crippen molar-refractivity contribution in [3.05, 3.63) is 528 Å². The van der Waals surface area contributed by atoms with Crippen molar-refractivity contribution < 1.29 is 0 Å². The number of fused-ring (bicyclic) bond motifs is 15. The van der Waals surface area contributed by atoms with Gasteiger partial charge in [-0.1, -0.05) is 467 Å². The van der Waals surface area contributed by atoms with E-state index in [0.29, 0.717) is 52.4 Å². The van der Waals surface area contributed by atoms with Crippen LogP contribution in [0.3, 0.4) is 0 Å². The zero-order valence-electron chi connectivity index (χ0n) is 78.3. The van der Waals surface area contributed by atoms with Crippen molar-refractivity contribution in [2.75, 3.05) is 0 Å². The molecule has 27 rings (SSSR count). The van der Waals surface area contributed by atoms with Gasteiger partial charge in [0.2, 0.25) is 0 Å². The SMILES string of the molecule is c1ccc(-c2cc(-c3ccc4c5ccccc5c5ccccc5c4c3)cc(-c3nc(-c4ccccc4)nc(-c4ccccc4)n3)c2)cc1.c1ccc(-c2cccc(-c3cc(-c4ccc5c6ccccc6c6ccccc6c5c4)cc(-c4nc(-c5ccccc5)nc(-c5ccccc5)n4)c3)c2)cc1.c1ccc(-c2nc(-c3ccccc3)nc(-c3c4ccccc4c(-c4ccc5ccccc5c4)c4ccccc34)n2)cc1. The zero-order chi connectivity index (χ0) is 95.6. The number of hydrogen-bond acceptors (Lipinski definition) is 9. The normalized spacial score (nSPS) is 11.3. The van der Waals surface area contributed by atoms with Crippen molar-refractivity contribution in [3.63, 3.8) is 0 Å². The lowest BCUT2D eigenvalue weighted by Gasteiger charge is -2.18. The molecule has 3 aromatic heterocycles. The average Bonchev–Trinajstić information content (AvgIpc) is 0.733. The van der Waals surface area contributed by atoms with Crippen LogP contribution in [0.5, 0.6) is 0 Å². The maximum atomic E-state index is 5.14. The minimum atomic E-state index is 0.627. The van der Waals surface area contributed by atoms with Gasteiger partial charge in [-0.15, -0.1) is 0 Å². The van der Waals surface area contributed by atoms with Gasteiger partial charge in [-0.3, -0.25) is 0 Å². The summed E-state index contributed by atoms with van der Waals surface area (Å²) in [5.74, 6) is 5.83. The molecule has 0 saturated heterocycles. The molecule has 3 heterocycles. The summed E-state index contributed by atoms with van der Waals surface area (Å²) >= 11 is 0. The highest BCUT2D eigenvalue weighted by Crippen LogP contribution is 2.47. The molecular formula is C135H87N9.